The Labute approximate surface area is 173 Å². The number of amides is 1. The van der Waals surface area contributed by atoms with Gasteiger partial charge in [-0.05, 0) is 37.3 Å². The minimum absolute atomic E-state index is 0.0749. The van der Waals surface area contributed by atoms with Gasteiger partial charge >= 0.3 is 0 Å². The molecular weight excluding hydrogens is 408 g/mol. The molecule has 1 aromatic carbocycles. The summed E-state index contributed by atoms with van der Waals surface area (Å²) in [5.74, 6) is 0.430. The molecule has 0 N–H and O–H groups in total. The highest BCUT2D eigenvalue weighted by Gasteiger charge is 2.36. The molecule has 1 saturated heterocycles. The number of sulfonamides is 1. The van der Waals surface area contributed by atoms with Gasteiger partial charge in [-0.2, -0.15) is 4.31 Å². The topological polar surface area (TPSA) is 83.5 Å². The number of benzene rings is 1. The molecule has 2 aromatic heterocycles. The monoisotopic (exact) mass is 428 g/mol. The normalized spacial score (nSPS) is 18.0. The van der Waals surface area contributed by atoms with Crippen LogP contribution in [-0.2, 0) is 10.0 Å². The zero-order chi connectivity index (χ0) is 20.4. The molecule has 1 amide bonds. The molecule has 150 valence electrons. The minimum atomic E-state index is -3.65. The Kier molecular flexibility index (Phi) is 5.44. The highest BCUT2D eigenvalue weighted by atomic mass is 32.2. The van der Waals surface area contributed by atoms with Gasteiger partial charge in [-0.25, -0.2) is 18.4 Å². The summed E-state index contributed by atoms with van der Waals surface area (Å²) in [4.78, 5) is 23.4. The van der Waals surface area contributed by atoms with E-state index in [9.17, 15) is 13.2 Å². The molecule has 0 aliphatic carbocycles. The van der Waals surface area contributed by atoms with Crippen LogP contribution in [0.3, 0.4) is 0 Å². The first-order valence-corrected chi connectivity index (χ1v) is 11.5. The number of rotatable bonds is 4. The zero-order valence-corrected chi connectivity index (χ0v) is 17.4. The third kappa shape index (κ3) is 3.93. The van der Waals surface area contributed by atoms with Crippen molar-refractivity contribution >= 4 is 27.3 Å². The Morgan fingerprint density at radius 2 is 1.76 bits per heavy atom. The van der Waals surface area contributed by atoms with Crippen LogP contribution in [-0.4, -0.2) is 59.2 Å². The van der Waals surface area contributed by atoms with Crippen molar-refractivity contribution in [2.45, 2.75) is 17.2 Å². The third-order valence-electron chi connectivity index (χ3n) is 4.80. The van der Waals surface area contributed by atoms with Crippen molar-refractivity contribution in [1.29, 1.82) is 0 Å². The molecule has 1 fully saturated rings. The van der Waals surface area contributed by atoms with Gasteiger partial charge in [0.2, 0.25) is 0 Å². The van der Waals surface area contributed by atoms with Gasteiger partial charge in [0.15, 0.2) is 5.82 Å². The maximum atomic E-state index is 13.2. The number of carbonyl (C=O) groups is 1. The standard InChI is InChI=1S/C20H20N4O3S2/c1-15-14-23(20(25)16-6-3-2-4-7-16)12-13-24(15)29(26,27)18-9-8-17(28-18)19-21-10-5-11-22-19/h2-11,15H,12-14H2,1H3. The maximum absolute atomic E-state index is 13.2. The zero-order valence-electron chi connectivity index (χ0n) is 15.8. The Morgan fingerprint density at radius 3 is 2.45 bits per heavy atom. The summed E-state index contributed by atoms with van der Waals surface area (Å²) >= 11 is 1.16. The second kappa shape index (κ2) is 8.02. The molecule has 1 unspecified atom stereocenters. The first kappa shape index (κ1) is 19.7. The molecule has 1 aliphatic rings. The average Bonchev–Trinajstić information content (AvgIpc) is 3.25. The summed E-state index contributed by atoms with van der Waals surface area (Å²) in [7, 11) is -3.65. The van der Waals surface area contributed by atoms with Crippen molar-refractivity contribution in [3.63, 3.8) is 0 Å². The van der Waals surface area contributed by atoms with Crippen LogP contribution in [0.5, 0.6) is 0 Å². The van der Waals surface area contributed by atoms with Gasteiger partial charge in [-0.1, -0.05) is 18.2 Å². The second-order valence-corrected chi connectivity index (χ2v) is 9.97. The molecule has 29 heavy (non-hydrogen) atoms. The van der Waals surface area contributed by atoms with E-state index in [0.29, 0.717) is 29.4 Å². The van der Waals surface area contributed by atoms with E-state index < -0.39 is 10.0 Å². The van der Waals surface area contributed by atoms with Crippen molar-refractivity contribution < 1.29 is 13.2 Å². The molecule has 0 bridgehead atoms. The fraction of sp³-hybridized carbons (Fsp3) is 0.250. The number of piperazine rings is 1. The Bertz CT molecular complexity index is 1100. The third-order valence-corrected chi connectivity index (χ3v) is 8.37. The van der Waals surface area contributed by atoms with Crippen molar-refractivity contribution in [1.82, 2.24) is 19.2 Å². The van der Waals surface area contributed by atoms with Gasteiger partial charge in [0.25, 0.3) is 15.9 Å². The van der Waals surface area contributed by atoms with Crippen LogP contribution >= 0.6 is 11.3 Å². The first-order chi connectivity index (χ1) is 14.0. The van der Waals surface area contributed by atoms with Crippen LogP contribution in [0.1, 0.15) is 17.3 Å². The van der Waals surface area contributed by atoms with Gasteiger partial charge in [0, 0.05) is 43.6 Å². The molecule has 9 heteroatoms. The number of nitrogens with zero attached hydrogens (tertiary/aromatic N) is 4. The molecule has 0 saturated carbocycles. The number of hydrogen-bond acceptors (Lipinski definition) is 6. The van der Waals surface area contributed by atoms with Gasteiger partial charge in [0.1, 0.15) is 4.21 Å². The first-order valence-electron chi connectivity index (χ1n) is 9.20. The smallest absolute Gasteiger partial charge is 0.253 e. The summed E-state index contributed by atoms with van der Waals surface area (Å²) in [6.45, 7) is 2.80. The summed E-state index contributed by atoms with van der Waals surface area (Å²) in [6, 6.07) is 13.8. The second-order valence-electron chi connectivity index (χ2n) is 6.77. The quantitative estimate of drug-likeness (QED) is 0.638. The lowest BCUT2D eigenvalue weighted by Gasteiger charge is -2.38. The van der Waals surface area contributed by atoms with Crippen LogP contribution in [0, 0.1) is 0 Å². The lowest BCUT2D eigenvalue weighted by molar-refractivity contribution is 0.0642. The van der Waals surface area contributed by atoms with Gasteiger partial charge in [-0.15, -0.1) is 11.3 Å². The fourth-order valence-corrected chi connectivity index (χ4v) is 6.36. The molecule has 1 aliphatic heterocycles. The number of carbonyl (C=O) groups excluding carboxylic acids is 1. The van der Waals surface area contributed by atoms with Gasteiger partial charge in [0.05, 0.1) is 4.88 Å². The highest BCUT2D eigenvalue weighted by Crippen LogP contribution is 2.31. The van der Waals surface area contributed by atoms with Crippen LogP contribution in [0.25, 0.3) is 10.7 Å². The molecule has 0 radical (unpaired) electrons. The maximum Gasteiger partial charge on any atom is 0.253 e. The van der Waals surface area contributed by atoms with Crippen molar-refractivity contribution in [2.75, 3.05) is 19.6 Å². The van der Waals surface area contributed by atoms with E-state index in [1.807, 2.05) is 25.1 Å². The van der Waals surface area contributed by atoms with Crippen molar-refractivity contribution in [3.8, 4) is 10.7 Å². The van der Waals surface area contributed by atoms with Crippen LogP contribution in [0.2, 0.25) is 0 Å². The Balaban J connectivity index is 1.51. The fourth-order valence-electron chi connectivity index (χ4n) is 3.37. The average molecular weight is 429 g/mol. The number of thiophene rings is 1. The predicted octanol–water partition coefficient (Wildman–Crippen LogP) is 2.74. The number of aromatic nitrogens is 2. The SMILES string of the molecule is CC1CN(C(=O)c2ccccc2)CCN1S(=O)(=O)c1ccc(-c2ncccn2)s1. The largest absolute Gasteiger partial charge is 0.336 e. The van der Waals surface area contributed by atoms with Crippen molar-refractivity contribution in [2.24, 2.45) is 0 Å². The molecule has 3 aromatic rings. The van der Waals surface area contributed by atoms with Gasteiger partial charge < -0.3 is 4.90 Å². The lowest BCUT2D eigenvalue weighted by Crippen LogP contribution is -2.55. The van der Waals surface area contributed by atoms with E-state index in [1.165, 1.54) is 4.31 Å². The van der Waals surface area contributed by atoms with E-state index in [-0.39, 0.29) is 22.7 Å². The summed E-state index contributed by atoms with van der Waals surface area (Å²) in [5.41, 5.74) is 0.613. The molecule has 0 spiro atoms. The van der Waals surface area contributed by atoms with Crippen LogP contribution < -0.4 is 0 Å². The highest BCUT2D eigenvalue weighted by molar-refractivity contribution is 7.91. The number of hydrogen-bond donors (Lipinski definition) is 0. The van der Waals surface area contributed by atoms with Crippen LogP contribution in [0.15, 0.2) is 65.1 Å². The van der Waals surface area contributed by atoms with E-state index in [2.05, 4.69) is 9.97 Å². The van der Waals surface area contributed by atoms with E-state index >= 15 is 0 Å². The van der Waals surface area contributed by atoms with E-state index in [1.54, 1.807) is 47.6 Å². The van der Waals surface area contributed by atoms with E-state index in [0.717, 1.165) is 11.3 Å². The molecular formula is C20H20N4O3S2. The Morgan fingerprint density at radius 1 is 1.03 bits per heavy atom. The molecule has 3 heterocycles. The minimum Gasteiger partial charge on any atom is -0.336 e. The van der Waals surface area contributed by atoms with Gasteiger partial charge in [-0.3, -0.25) is 4.79 Å². The summed E-state index contributed by atoms with van der Waals surface area (Å²) in [6.07, 6.45) is 3.25. The molecule has 7 nitrogen and oxygen atoms in total. The van der Waals surface area contributed by atoms with Crippen molar-refractivity contribution in [3.05, 3.63) is 66.5 Å². The van der Waals surface area contributed by atoms with E-state index in [4.69, 9.17) is 0 Å². The molecule has 4 rings (SSSR count). The van der Waals surface area contributed by atoms with Crippen LogP contribution in [0.4, 0.5) is 0 Å². The summed E-state index contributed by atoms with van der Waals surface area (Å²) in [5, 5.41) is 0. The predicted molar refractivity (Wildman–Crippen MR) is 111 cm³/mol. The molecule has 1 atom stereocenters. The Hall–Kier alpha value is -2.62. The summed E-state index contributed by atoms with van der Waals surface area (Å²) < 4.78 is 28.1. The lowest BCUT2D eigenvalue weighted by atomic mass is 10.1.